The number of hydrogen-bond donors (Lipinski definition) is 1. The molecular formula is C13H13N3. The minimum atomic E-state index is 0.830. The third kappa shape index (κ3) is 1.93. The van der Waals surface area contributed by atoms with Gasteiger partial charge in [-0.25, -0.2) is 4.98 Å². The number of aromatic nitrogens is 2. The van der Waals surface area contributed by atoms with Crippen LogP contribution in [0.5, 0.6) is 0 Å². The molecule has 0 aliphatic carbocycles. The van der Waals surface area contributed by atoms with Gasteiger partial charge in [-0.3, -0.25) is 4.98 Å². The van der Waals surface area contributed by atoms with Crippen LogP contribution in [0.2, 0.25) is 0 Å². The molecule has 2 aromatic rings. The Labute approximate surface area is 94.9 Å². The summed E-state index contributed by atoms with van der Waals surface area (Å²) < 4.78 is 0. The van der Waals surface area contributed by atoms with Crippen LogP contribution in [0.1, 0.15) is 5.56 Å². The second-order valence-electron chi connectivity index (χ2n) is 3.33. The van der Waals surface area contributed by atoms with E-state index in [4.69, 9.17) is 0 Å². The topological polar surface area (TPSA) is 37.8 Å². The highest BCUT2D eigenvalue weighted by Gasteiger charge is 2.03. The zero-order valence-electron chi connectivity index (χ0n) is 9.14. The quantitative estimate of drug-likeness (QED) is 0.848. The van der Waals surface area contributed by atoms with Gasteiger partial charge in [0.1, 0.15) is 5.82 Å². The Kier molecular flexibility index (Phi) is 2.96. The standard InChI is InChI=1S/C13H13N3/c1-3-10-6-7-12(16-13(10)14-2)11-5-4-8-15-9-11/h3-9H,1H2,2H3,(H,14,16). The molecule has 0 saturated heterocycles. The van der Waals surface area contributed by atoms with Gasteiger partial charge in [0.25, 0.3) is 0 Å². The number of rotatable bonds is 3. The Balaban J connectivity index is 2.48. The van der Waals surface area contributed by atoms with Gasteiger partial charge in [-0.05, 0) is 24.3 Å². The summed E-state index contributed by atoms with van der Waals surface area (Å²) in [4.78, 5) is 8.59. The van der Waals surface area contributed by atoms with Crippen molar-refractivity contribution in [2.24, 2.45) is 0 Å². The van der Waals surface area contributed by atoms with Crippen molar-refractivity contribution in [3.05, 3.63) is 48.8 Å². The van der Waals surface area contributed by atoms with Crippen molar-refractivity contribution in [3.63, 3.8) is 0 Å². The van der Waals surface area contributed by atoms with E-state index in [-0.39, 0.29) is 0 Å². The second kappa shape index (κ2) is 4.57. The molecule has 3 heteroatoms. The van der Waals surface area contributed by atoms with Crippen LogP contribution in [0.15, 0.2) is 43.2 Å². The van der Waals surface area contributed by atoms with Gasteiger partial charge in [0.2, 0.25) is 0 Å². The Morgan fingerprint density at radius 1 is 1.31 bits per heavy atom. The van der Waals surface area contributed by atoms with Crippen LogP contribution in [0.4, 0.5) is 5.82 Å². The number of anilines is 1. The van der Waals surface area contributed by atoms with E-state index in [1.807, 2.05) is 31.3 Å². The molecule has 0 fully saturated rings. The highest BCUT2D eigenvalue weighted by atomic mass is 15.0. The number of nitrogens with one attached hydrogen (secondary N) is 1. The van der Waals surface area contributed by atoms with Crippen molar-refractivity contribution in [2.75, 3.05) is 12.4 Å². The van der Waals surface area contributed by atoms with Gasteiger partial charge >= 0.3 is 0 Å². The number of pyridine rings is 2. The van der Waals surface area contributed by atoms with Crippen LogP contribution in [0.3, 0.4) is 0 Å². The van der Waals surface area contributed by atoms with Crippen LogP contribution in [0, 0.1) is 0 Å². The zero-order chi connectivity index (χ0) is 11.4. The number of hydrogen-bond acceptors (Lipinski definition) is 3. The van der Waals surface area contributed by atoms with Gasteiger partial charge in [-0.2, -0.15) is 0 Å². The van der Waals surface area contributed by atoms with E-state index >= 15 is 0 Å². The predicted molar refractivity (Wildman–Crippen MR) is 67.1 cm³/mol. The molecular weight excluding hydrogens is 198 g/mol. The van der Waals surface area contributed by atoms with Crippen LogP contribution in [-0.4, -0.2) is 17.0 Å². The summed E-state index contributed by atoms with van der Waals surface area (Å²) in [5.74, 6) is 0.830. The Hall–Kier alpha value is -2.16. The lowest BCUT2D eigenvalue weighted by atomic mass is 10.1. The molecule has 2 aromatic heterocycles. The van der Waals surface area contributed by atoms with Crippen molar-refractivity contribution >= 4 is 11.9 Å². The van der Waals surface area contributed by atoms with E-state index < -0.39 is 0 Å². The van der Waals surface area contributed by atoms with Gasteiger partial charge in [0.15, 0.2) is 0 Å². The van der Waals surface area contributed by atoms with Crippen molar-refractivity contribution in [1.29, 1.82) is 0 Å². The first-order valence-corrected chi connectivity index (χ1v) is 5.07. The van der Waals surface area contributed by atoms with E-state index in [0.717, 1.165) is 22.6 Å². The first kappa shape index (κ1) is 10.4. The maximum Gasteiger partial charge on any atom is 0.133 e. The van der Waals surface area contributed by atoms with E-state index in [0.29, 0.717) is 0 Å². The molecule has 0 spiro atoms. The van der Waals surface area contributed by atoms with E-state index in [9.17, 15) is 0 Å². The maximum atomic E-state index is 4.51. The normalized spacial score (nSPS) is 9.81. The summed E-state index contributed by atoms with van der Waals surface area (Å²) in [7, 11) is 1.85. The summed E-state index contributed by atoms with van der Waals surface area (Å²) in [5, 5.41) is 3.05. The first-order chi connectivity index (χ1) is 7.85. The predicted octanol–water partition coefficient (Wildman–Crippen LogP) is 2.83. The van der Waals surface area contributed by atoms with Crippen molar-refractivity contribution < 1.29 is 0 Å². The van der Waals surface area contributed by atoms with Crippen molar-refractivity contribution in [1.82, 2.24) is 9.97 Å². The molecule has 0 unspecified atom stereocenters. The van der Waals surface area contributed by atoms with E-state index in [1.54, 1.807) is 18.5 Å². The lowest BCUT2D eigenvalue weighted by molar-refractivity contribution is 1.25. The number of nitrogens with zero attached hydrogens (tertiary/aromatic N) is 2. The summed E-state index contributed by atoms with van der Waals surface area (Å²) in [5.41, 5.74) is 2.91. The molecule has 0 saturated carbocycles. The minimum Gasteiger partial charge on any atom is -0.373 e. The molecule has 2 rings (SSSR count). The van der Waals surface area contributed by atoms with E-state index in [2.05, 4.69) is 21.9 Å². The van der Waals surface area contributed by atoms with Gasteiger partial charge in [-0.15, -0.1) is 0 Å². The fourth-order valence-corrected chi connectivity index (χ4v) is 1.51. The van der Waals surface area contributed by atoms with Crippen LogP contribution >= 0.6 is 0 Å². The maximum absolute atomic E-state index is 4.51. The summed E-state index contributed by atoms with van der Waals surface area (Å²) in [6, 6.07) is 7.85. The molecule has 3 nitrogen and oxygen atoms in total. The molecule has 0 aliphatic heterocycles. The summed E-state index contributed by atoms with van der Waals surface area (Å²) in [6.45, 7) is 3.75. The third-order valence-electron chi connectivity index (χ3n) is 2.34. The average molecular weight is 211 g/mol. The highest BCUT2D eigenvalue weighted by Crippen LogP contribution is 2.21. The largest absolute Gasteiger partial charge is 0.373 e. The van der Waals surface area contributed by atoms with Crippen LogP contribution < -0.4 is 5.32 Å². The van der Waals surface area contributed by atoms with E-state index in [1.165, 1.54) is 0 Å². The summed E-state index contributed by atoms with van der Waals surface area (Å²) >= 11 is 0. The van der Waals surface area contributed by atoms with Gasteiger partial charge in [0, 0.05) is 30.6 Å². The average Bonchev–Trinajstić information content (AvgIpc) is 2.39. The first-order valence-electron chi connectivity index (χ1n) is 5.07. The smallest absolute Gasteiger partial charge is 0.133 e. The molecule has 0 amide bonds. The fourth-order valence-electron chi connectivity index (χ4n) is 1.51. The third-order valence-corrected chi connectivity index (χ3v) is 2.34. The molecule has 0 aromatic carbocycles. The Morgan fingerprint density at radius 3 is 2.81 bits per heavy atom. The molecule has 1 N–H and O–H groups in total. The van der Waals surface area contributed by atoms with Gasteiger partial charge < -0.3 is 5.32 Å². The summed E-state index contributed by atoms with van der Waals surface area (Å²) in [6.07, 6.45) is 5.34. The fraction of sp³-hybridized carbons (Fsp3) is 0.0769. The van der Waals surface area contributed by atoms with Crippen LogP contribution in [-0.2, 0) is 0 Å². The second-order valence-corrected chi connectivity index (χ2v) is 3.33. The molecule has 2 heterocycles. The Morgan fingerprint density at radius 2 is 2.19 bits per heavy atom. The van der Waals surface area contributed by atoms with Crippen LogP contribution in [0.25, 0.3) is 17.3 Å². The molecule has 0 bridgehead atoms. The Bertz CT molecular complexity index is 492. The SMILES string of the molecule is C=Cc1ccc(-c2cccnc2)nc1NC. The molecule has 16 heavy (non-hydrogen) atoms. The van der Waals surface area contributed by atoms with Gasteiger partial charge in [0.05, 0.1) is 5.69 Å². The lowest BCUT2D eigenvalue weighted by Crippen LogP contribution is -1.96. The van der Waals surface area contributed by atoms with Gasteiger partial charge in [-0.1, -0.05) is 12.7 Å². The zero-order valence-corrected chi connectivity index (χ0v) is 9.14. The molecule has 0 atom stereocenters. The minimum absolute atomic E-state index is 0.830. The molecule has 0 radical (unpaired) electrons. The monoisotopic (exact) mass is 211 g/mol. The molecule has 0 aliphatic rings. The highest BCUT2D eigenvalue weighted by molar-refractivity contribution is 5.67. The lowest BCUT2D eigenvalue weighted by Gasteiger charge is -2.07. The van der Waals surface area contributed by atoms with Crippen molar-refractivity contribution in [3.8, 4) is 11.3 Å². The van der Waals surface area contributed by atoms with Crippen molar-refractivity contribution in [2.45, 2.75) is 0 Å². The molecule has 80 valence electrons.